The van der Waals surface area contributed by atoms with Gasteiger partial charge < -0.3 is 9.30 Å². The van der Waals surface area contributed by atoms with Crippen LogP contribution in [0, 0.1) is 19.7 Å². The Kier molecular flexibility index (Phi) is 5.46. The van der Waals surface area contributed by atoms with Gasteiger partial charge in [0.2, 0.25) is 0 Å². The maximum atomic E-state index is 14.4. The summed E-state index contributed by atoms with van der Waals surface area (Å²) < 4.78 is 24.4. The highest BCUT2D eigenvalue weighted by Crippen LogP contribution is 2.22. The zero-order valence-electron chi connectivity index (χ0n) is 18.6. The number of benzene rings is 2. The van der Waals surface area contributed by atoms with Gasteiger partial charge in [0.1, 0.15) is 5.82 Å². The number of hydrogen-bond acceptors (Lipinski definition) is 4. The van der Waals surface area contributed by atoms with Crippen molar-refractivity contribution in [1.29, 1.82) is 0 Å². The summed E-state index contributed by atoms with van der Waals surface area (Å²) in [5.74, 6) is -0.359. The van der Waals surface area contributed by atoms with E-state index in [1.54, 1.807) is 22.8 Å². The molecule has 170 valence electrons. The third-order valence-corrected chi connectivity index (χ3v) is 6.27. The van der Waals surface area contributed by atoms with Gasteiger partial charge >= 0.3 is 5.69 Å². The molecular weight excluding hydrogens is 423 g/mol. The zero-order chi connectivity index (χ0) is 23.1. The quantitative estimate of drug-likeness (QED) is 0.470. The van der Waals surface area contributed by atoms with Crippen LogP contribution in [-0.4, -0.2) is 31.4 Å². The molecule has 1 saturated heterocycles. The van der Waals surface area contributed by atoms with Crippen molar-refractivity contribution in [2.45, 2.75) is 45.9 Å². The molecule has 1 unspecified atom stereocenters. The summed E-state index contributed by atoms with van der Waals surface area (Å²) >= 11 is 0. The van der Waals surface area contributed by atoms with Crippen LogP contribution in [0.25, 0.3) is 16.9 Å². The minimum atomic E-state index is -0.448. The van der Waals surface area contributed by atoms with E-state index in [0.29, 0.717) is 17.9 Å². The first kappa shape index (κ1) is 21.3. The number of halogens is 1. The summed E-state index contributed by atoms with van der Waals surface area (Å²) in [6.45, 7) is 4.77. The fraction of sp³-hybridized carbons (Fsp3) is 0.320. The first-order valence-corrected chi connectivity index (χ1v) is 11.1. The molecule has 0 N–H and O–H groups in total. The molecule has 3 heterocycles. The lowest BCUT2D eigenvalue weighted by molar-refractivity contribution is 0.0950. The van der Waals surface area contributed by atoms with Gasteiger partial charge in [-0.3, -0.25) is 9.36 Å². The largest absolute Gasteiger partial charge is 0.376 e. The fourth-order valence-electron chi connectivity index (χ4n) is 4.62. The number of fused-ring (bicyclic) bond motifs is 1. The Bertz CT molecular complexity index is 1440. The van der Waals surface area contributed by atoms with E-state index in [0.717, 1.165) is 24.0 Å². The second-order valence-electron chi connectivity index (χ2n) is 8.55. The molecule has 1 aliphatic rings. The van der Waals surface area contributed by atoms with E-state index >= 15 is 0 Å². The maximum Gasteiger partial charge on any atom is 0.337 e. The van der Waals surface area contributed by atoms with Crippen molar-refractivity contribution in [3.8, 4) is 5.69 Å². The van der Waals surface area contributed by atoms with Gasteiger partial charge in [-0.25, -0.2) is 18.7 Å². The van der Waals surface area contributed by atoms with Gasteiger partial charge in [0, 0.05) is 12.2 Å². The van der Waals surface area contributed by atoms with Gasteiger partial charge in [0.15, 0.2) is 11.2 Å². The van der Waals surface area contributed by atoms with E-state index in [9.17, 15) is 14.0 Å². The van der Waals surface area contributed by atoms with Crippen molar-refractivity contribution in [3.05, 3.63) is 92.1 Å². The molecule has 8 heteroatoms. The molecule has 1 aliphatic heterocycles. The number of para-hydroxylation sites is 1. The number of aromatic nitrogens is 4. The summed E-state index contributed by atoms with van der Waals surface area (Å²) in [4.78, 5) is 31.7. The summed E-state index contributed by atoms with van der Waals surface area (Å²) in [6.07, 6.45) is 3.00. The first-order valence-electron chi connectivity index (χ1n) is 11.1. The molecule has 33 heavy (non-hydrogen) atoms. The molecule has 0 bridgehead atoms. The van der Waals surface area contributed by atoms with Crippen LogP contribution in [0.4, 0.5) is 4.39 Å². The van der Waals surface area contributed by atoms with Crippen LogP contribution in [0.3, 0.4) is 0 Å². The smallest absolute Gasteiger partial charge is 0.337 e. The van der Waals surface area contributed by atoms with Crippen LogP contribution in [0.15, 0.2) is 58.4 Å². The molecule has 1 fully saturated rings. The fourth-order valence-corrected chi connectivity index (χ4v) is 4.62. The first-order chi connectivity index (χ1) is 16.0. The van der Waals surface area contributed by atoms with Gasteiger partial charge in [-0.15, -0.1) is 0 Å². The minimum absolute atomic E-state index is 0.128. The highest BCUT2D eigenvalue weighted by molar-refractivity contribution is 5.73. The van der Waals surface area contributed by atoms with E-state index in [1.165, 1.54) is 21.5 Å². The lowest BCUT2D eigenvalue weighted by atomic mass is 10.1. The second kappa shape index (κ2) is 8.44. The molecule has 2 aromatic carbocycles. The lowest BCUT2D eigenvalue weighted by Crippen LogP contribution is -2.42. The van der Waals surface area contributed by atoms with E-state index in [2.05, 4.69) is 4.98 Å². The Balaban J connectivity index is 1.78. The minimum Gasteiger partial charge on any atom is -0.376 e. The molecule has 7 nitrogen and oxygen atoms in total. The summed E-state index contributed by atoms with van der Waals surface area (Å²) in [5, 5.41) is 0. The Morgan fingerprint density at radius 3 is 2.55 bits per heavy atom. The molecule has 1 atom stereocenters. The number of hydrogen-bond donors (Lipinski definition) is 0. The molecule has 0 saturated carbocycles. The van der Waals surface area contributed by atoms with Crippen LogP contribution in [0.1, 0.15) is 29.5 Å². The van der Waals surface area contributed by atoms with Crippen LogP contribution in [0.2, 0.25) is 0 Å². The monoisotopic (exact) mass is 448 g/mol. The van der Waals surface area contributed by atoms with E-state index in [-0.39, 0.29) is 36.2 Å². The summed E-state index contributed by atoms with van der Waals surface area (Å²) in [5.41, 5.74) is 2.56. The van der Waals surface area contributed by atoms with Crippen molar-refractivity contribution in [2.75, 3.05) is 6.61 Å². The average molecular weight is 448 g/mol. The van der Waals surface area contributed by atoms with Crippen molar-refractivity contribution in [1.82, 2.24) is 18.7 Å². The Hall–Kier alpha value is -3.52. The Morgan fingerprint density at radius 1 is 1.09 bits per heavy atom. The number of imidazole rings is 1. The number of ether oxygens (including phenoxy) is 1. The Morgan fingerprint density at radius 2 is 1.85 bits per heavy atom. The third-order valence-electron chi connectivity index (χ3n) is 6.27. The number of rotatable bonds is 5. The molecule has 5 rings (SSSR count). The predicted octanol–water partition coefficient (Wildman–Crippen LogP) is 3.33. The van der Waals surface area contributed by atoms with Crippen LogP contribution in [-0.2, 0) is 17.8 Å². The SMILES string of the molecule is Cc1cccc(C)c1-n1c(=O)n(CC2CCCO2)c(=O)c2c1ncn2Cc1ccccc1F. The van der Waals surface area contributed by atoms with Crippen LogP contribution < -0.4 is 11.2 Å². The van der Waals surface area contributed by atoms with Crippen molar-refractivity contribution < 1.29 is 9.13 Å². The van der Waals surface area contributed by atoms with E-state index < -0.39 is 11.2 Å². The molecule has 0 spiro atoms. The maximum absolute atomic E-state index is 14.4. The third kappa shape index (κ3) is 3.70. The van der Waals surface area contributed by atoms with E-state index in [1.807, 2.05) is 32.0 Å². The highest BCUT2D eigenvalue weighted by atomic mass is 19.1. The standard InChI is InChI=1S/C25H25FN4O3/c1-16-7-5-8-17(2)21(16)30-23-22(24(31)29(25(30)32)14-19-10-6-12-33-19)28(15-27-23)13-18-9-3-4-11-20(18)26/h3-5,7-9,11,15,19H,6,10,12-14H2,1-2H3. The Labute approximate surface area is 189 Å². The highest BCUT2D eigenvalue weighted by Gasteiger charge is 2.24. The molecule has 2 aromatic heterocycles. The lowest BCUT2D eigenvalue weighted by Gasteiger charge is -2.17. The van der Waals surface area contributed by atoms with E-state index in [4.69, 9.17) is 4.74 Å². The van der Waals surface area contributed by atoms with Gasteiger partial charge in [-0.2, -0.15) is 0 Å². The molecule has 0 amide bonds. The van der Waals surface area contributed by atoms with Crippen LogP contribution >= 0.6 is 0 Å². The summed E-state index contributed by atoms with van der Waals surface area (Å²) in [6, 6.07) is 12.2. The van der Waals surface area contributed by atoms with Crippen molar-refractivity contribution in [3.63, 3.8) is 0 Å². The second-order valence-corrected chi connectivity index (χ2v) is 8.55. The predicted molar refractivity (Wildman–Crippen MR) is 124 cm³/mol. The van der Waals surface area contributed by atoms with Crippen LogP contribution in [0.5, 0.6) is 0 Å². The zero-order valence-corrected chi connectivity index (χ0v) is 18.6. The van der Waals surface area contributed by atoms with Gasteiger partial charge in [-0.05, 0) is 43.9 Å². The molecule has 4 aromatic rings. The van der Waals surface area contributed by atoms with Crippen molar-refractivity contribution in [2.24, 2.45) is 0 Å². The molecule has 0 radical (unpaired) electrons. The number of aryl methyl sites for hydroxylation is 2. The summed E-state index contributed by atoms with van der Waals surface area (Å²) in [7, 11) is 0. The number of nitrogens with zero attached hydrogens (tertiary/aromatic N) is 4. The molecular formula is C25H25FN4O3. The average Bonchev–Trinajstić information content (AvgIpc) is 3.45. The molecule has 0 aliphatic carbocycles. The van der Waals surface area contributed by atoms with Gasteiger partial charge in [0.05, 0.1) is 31.2 Å². The van der Waals surface area contributed by atoms with Gasteiger partial charge in [-0.1, -0.05) is 36.4 Å². The van der Waals surface area contributed by atoms with Crippen molar-refractivity contribution >= 4 is 11.2 Å². The van der Waals surface area contributed by atoms with Gasteiger partial charge in [0.25, 0.3) is 5.56 Å². The normalized spacial score (nSPS) is 16.0. The topological polar surface area (TPSA) is 71.1 Å².